The molecule has 3 heterocycles. The van der Waals surface area contributed by atoms with Crippen LogP contribution in [-0.2, 0) is 31.4 Å². The summed E-state index contributed by atoms with van der Waals surface area (Å²) >= 11 is 0. The number of fused-ring (bicyclic) bond motifs is 1. The number of benzene rings is 2. The van der Waals surface area contributed by atoms with Crippen LogP contribution >= 0.6 is 0 Å². The number of nitrogens with zero attached hydrogens (tertiary/aromatic N) is 3. The zero-order valence-electron chi connectivity index (χ0n) is 22.6. The first-order valence-electron chi connectivity index (χ1n) is 13.7. The molecular weight excluding hydrogens is 507 g/mol. The monoisotopic (exact) mass is 540 g/mol. The van der Waals surface area contributed by atoms with Crippen LogP contribution in [0.5, 0.6) is 0 Å². The predicted molar refractivity (Wildman–Crippen MR) is 154 cm³/mol. The third-order valence-corrected chi connectivity index (χ3v) is 8.34. The van der Waals surface area contributed by atoms with Crippen LogP contribution in [0.4, 0.5) is 4.39 Å². The zero-order chi connectivity index (χ0) is 28.1. The number of aliphatic hydroxyl groups is 1. The van der Waals surface area contributed by atoms with Crippen molar-refractivity contribution in [3.05, 3.63) is 100 Å². The van der Waals surface area contributed by atoms with Gasteiger partial charge < -0.3 is 20.3 Å². The highest BCUT2D eigenvalue weighted by atomic mass is 19.1. The van der Waals surface area contributed by atoms with Crippen LogP contribution in [0.2, 0.25) is 0 Å². The summed E-state index contributed by atoms with van der Waals surface area (Å²) in [6.45, 7) is 4.75. The first-order valence-corrected chi connectivity index (χ1v) is 13.7. The van der Waals surface area contributed by atoms with Gasteiger partial charge >= 0.3 is 0 Å². The fourth-order valence-electron chi connectivity index (χ4n) is 6.03. The van der Waals surface area contributed by atoms with Crippen molar-refractivity contribution in [3.63, 3.8) is 0 Å². The van der Waals surface area contributed by atoms with Gasteiger partial charge in [-0.15, -0.1) is 0 Å². The van der Waals surface area contributed by atoms with Crippen molar-refractivity contribution in [2.45, 2.75) is 38.3 Å². The maximum atomic E-state index is 15.5. The maximum absolute atomic E-state index is 15.5. The molecule has 1 saturated heterocycles. The van der Waals surface area contributed by atoms with Crippen molar-refractivity contribution < 1.29 is 14.3 Å². The Balaban J connectivity index is 1.53. The van der Waals surface area contributed by atoms with Gasteiger partial charge in [-0.05, 0) is 78.0 Å². The number of carbonyl (C=O) groups is 1. The number of hydrogen-bond donors (Lipinski definition) is 2. The van der Waals surface area contributed by atoms with Gasteiger partial charge in [0.15, 0.2) is 0 Å². The second-order valence-corrected chi connectivity index (χ2v) is 11.0. The molecule has 2 aliphatic rings. The third-order valence-electron chi connectivity index (χ3n) is 8.34. The van der Waals surface area contributed by atoms with E-state index in [1.165, 1.54) is 12.1 Å². The van der Waals surface area contributed by atoms with Gasteiger partial charge in [0.25, 0.3) is 5.56 Å². The first kappa shape index (κ1) is 26.2. The largest absolute Gasteiger partial charge is 0.392 e. The minimum absolute atomic E-state index is 0.0460. The summed E-state index contributed by atoms with van der Waals surface area (Å²) in [5.74, 6) is -0.144. The number of amides is 1. The van der Waals surface area contributed by atoms with Crippen LogP contribution in [0.3, 0.4) is 0 Å². The van der Waals surface area contributed by atoms with Gasteiger partial charge in [-0.25, -0.2) is 4.39 Å². The number of hydrogen-bond acceptors (Lipinski definition) is 4. The molecular formula is C32H33FN4O3. The molecule has 7 nitrogen and oxygen atoms in total. The van der Waals surface area contributed by atoms with Gasteiger partial charge in [-0.3, -0.25) is 14.2 Å². The quantitative estimate of drug-likeness (QED) is 0.329. The Hall–Kier alpha value is -4.01. The molecule has 4 aromatic rings. The van der Waals surface area contributed by atoms with Crippen LogP contribution in [0, 0.1) is 11.7 Å². The number of aliphatic hydroxyl groups excluding tert-OH is 1. The normalized spacial score (nSPS) is 15.4. The highest BCUT2D eigenvalue weighted by Crippen LogP contribution is 2.41. The van der Waals surface area contributed by atoms with Crippen LogP contribution < -0.4 is 11.3 Å². The van der Waals surface area contributed by atoms with E-state index in [4.69, 9.17) is 5.73 Å². The Kier molecular flexibility index (Phi) is 6.68. The molecule has 0 radical (unpaired) electrons. The van der Waals surface area contributed by atoms with Crippen LogP contribution in [0.1, 0.15) is 41.3 Å². The lowest BCUT2D eigenvalue weighted by atomic mass is 9.92. The SMILES string of the molecule is C=CC(=O)N1CC(Cc2cc3cc(C4CC4)cc(F)c3c(=O)n2-c2cccc(-c3cc(CN)n(C)c3)c2CO)C1. The molecule has 1 aliphatic carbocycles. The van der Waals surface area contributed by atoms with Crippen molar-refractivity contribution >= 4 is 16.7 Å². The minimum atomic E-state index is -0.520. The maximum Gasteiger partial charge on any atom is 0.266 e. The van der Waals surface area contributed by atoms with Gasteiger partial charge in [0.2, 0.25) is 5.91 Å². The fraction of sp³-hybridized carbons (Fsp3) is 0.312. The van der Waals surface area contributed by atoms with Crippen molar-refractivity contribution in [1.29, 1.82) is 0 Å². The average Bonchev–Trinajstić information content (AvgIpc) is 3.71. The molecule has 0 unspecified atom stereocenters. The van der Waals surface area contributed by atoms with E-state index in [1.807, 2.05) is 48.1 Å². The lowest BCUT2D eigenvalue weighted by Gasteiger charge is -2.39. The Morgan fingerprint density at radius 2 is 1.95 bits per heavy atom. The minimum Gasteiger partial charge on any atom is -0.392 e. The molecule has 1 aliphatic heterocycles. The van der Waals surface area contributed by atoms with Gasteiger partial charge in [0.05, 0.1) is 17.7 Å². The number of carbonyl (C=O) groups excluding carboxylic acids is 1. The Morgan fingerprint density at radius 1 is 1.18 bits per heavy atom. The van der Waals surface area contributed by atoms with E-state index in [0.29, 0.717) is 48.6 Å². The Morgan fingerprint density at radius 3 is 2.60 bits per heavy atom. The van der Waals surface area contributed by atoms with E-state index in [-0.39, 0.29) is 23.8 Å². The summed E-state index contributed by atoms with van der Waals surface area (Å²) in [4.78, 5) is 27.9. The van der Waals surface area contributed by atoms with Crippen LogP contribution in [-0.4, -0.2) is 38.1 Å². The van der Waals surface area contributed by atoms with Crippen molar-refractivity contribution in [2.75, 3.05) is 13.1 Å². The standard InChI is InChI=1S/C32H33FN4O3/c1-3-30(39)36-15-19(16-36)9-24-11-22-10-21(20-7-8-20)13-28(33)31(22)32(40)37(24)29-6-4-5-26(27(29)18-38)23-12-25(14-34)35(2)17-23/h3-6,10-13,17,19-20,38H,1,7-9,14-16,18,34H2,2H3. The summed E-state index contributed by atoms with van der Waals surface area (Å²) in [5.41, 5.74) is 10.8. The highest BCUT2D eigenvalue weighted by molar-refractivity contribution is 5.87. The second-order valence-electron chi connectivity index (χ2n) is 11.0. The summed E-state index contributed by atoms with van der Waals surface area (Å²) in [6, 6.07) is 12.9. The zero-order valence-corrected chi connectivity index (χ0v) is 22.6. The first-order chi connectivity index (χ1) is 19.3. The summed E-state index contributed by atoms with van der Waals surface area (Å²) in [7, 11) is 1.91. The average molecular weight is 541 g/mol. The Labute approximate surface area is 232 Å². The predicted octanol–water partition coefficient (Wildman–Crippen LogP) is 4.15. The summed E-state index contributed by atoms with van der Waals surface area (Å²) in [5, 5.41) is 11.2. The smallest absolute Gasteiger partial charge is 0.266 e. The second kappa shape index (κ2) is 10.2. The number of pyridine rings is 1. The number of likely N-dealkylation sites (tertiary alicyclic amines) is 1. The molecule has 40 heavy (non-hydrogen) atoms. The molecule has 0 spiro atoms. The molecule has 8 heteroatoms. The third kappa shape index (κ3) is 4.47. The molecule has 2 aromatic carbocycles. The highest BCUT2D eigenvalue weighted by Gasteiger charge is 2.31. The molecule has 2 aromatic heterocycles. The van der Waals surface area contributed by atoms with Gasteiger partial charge in [-0.2, -0.15) is 0 Å². The van der Waals surface area contributed by atoms with Crippen LogP contribution in [0.25, 0.3) is 27.6 Å². The molecule has 3 N–H and O–H groups in total. The number of rotatable bonds is 8. The molecule has 1 saturated carbocycles. The molecule has 6 rings (SSSR count). The number of halogens is 1. The van der Waals surface area contributed by atoms with E-state index >= 15 is 4.39 Å². The number of aromatic nitrogens is 2. The topological polar surface area (TPSA) is 93.5 Å². The van der Waals surface area contributed by atoms with Gasteiger partial charge in [0, 0.05) is 55.4 Å². The van der Waals surface area contributed by atoms with Gasteiger partial charge in [-0.1, -0.05) is 24.8 Å². The van der Waals surface area contributed by atoms with E-state index in [9.17, 15) is 14.7 Å². The van der Waals surface area contributed by atoms with Crippen LogP contribution in [0.15, 0.2) is 66.1 Å². The lowest BCUT2D eigenvalue weighted by molar-refractivity contribution is -0.132. The Bertz CT molecular complexity index is 1710. The molecule has 0 bridgehead atoms. The van der Waals surface area contributed by atoms with Crippen molar-refractivity contribution in [3.8, 4) is 16.8 Å². The van der Waals surface area contributed by atoms with E-state index in [2.05, 4.69) is 6.58 Å². The van der Waals surface area contributed by atoms with E-state index in [0.717, 1.165) is 40.9 Å². The molecule has 206 valence electrons. The lowest BCUT2D eigenvalue weighted by Crippen LogP contribution is -2.50. The number of aryl methyl sites for hydroxylation is 1. The fourth-order valence-corrected chi connectivity index (χ4v) is 6.03. The summed E-state index contributed by atoms with van der Waals surface area (Å²) in [6.07, 6.45) is 5.84. The van der Waals surface area contributed by atoms with E-state index < -0.39 is 11.4 Å². The van der Waals surface area contributed by atoms with Gasteiger partial charge in [0.1, 0.15) is 5.82 Å². The van der Waals surface area contributed by atoms with E-state index in [1.54, 1.807) is 15.5 Å². The van der Waals surface area contributed by atoms with Crippen molar-refractivity contribution in [1.82, 2.24) is 14.0 Å². The van der Waals surface area contributed by atoms with Crippen molar-refractivity contribution in [2.24, 2.45) is 18.7 Å². The number of nitrogens with two attached hydrogens (primary N) is 1. The molecule has 1 amide bonds. The molecule has 2 fully saturated rings. The molecule has 0 atom stereocenters. The summed E-state index contributed by atoms with van der Waals surface area (Å²) < 4.78 is 19.0.